The number of likely N-dealkylation sites (tertiary alicyclic amines) is 1. The van der Waals surface area contributed by atoms with Gasteiger partial charge in [0, 0.05) is 38.1 Å². The first-order chi connectivity index (χ1) is 16.4. The second kappa shape index (κ2) is 11.4. The summed E-state index contributed by atoms with van der Waals surface area (Å²) in [5, 5.41) is 11.9. The molecular formula is C26H35N3O4S. The lowest BCUT2D eigenvalue weighted by Crippen LogP contribution is -2.56. The lowest BCUT2D eigenvalue weighted by molar-refractivity contribution is -0.138. The number of benzene rings is 1. The number of carboxylic acids is 1. The van der Waals surface area contributed by atoms with Gasteiger partial charge in [-0.1, -0.05) is 30.8 Å². The van der Waals surface area contributed by atoms with E-state index in [0.29, 0.717) is 6.61 Å². The Morgan fingerprint density at radius 3 is 2.79 bits per heavy atom. The van der Waals surface area contributed by atoms with E-state index in [4.69, 9.17) is 14.6 Å². The minimum absolute atomic E-state index is 0.0522. The third-order valence-corrected chi connectivity index (χ3v) is 7.48. The zero-order valence-electron chi connectivity index (χ0n) is 20.0. The van der Waals surface area contributed by atoms with Gasteiger partial charge in [0.05, 0.1) is 48.2 Å². The predicted octanol–water partition coefficient (Wildman–Crippen LogP) is 3.82. The van der Waals surface area contributed by atoms with E-state index < -0.39 is 5.97 Å². The predicted molar refractivity (Wildman–Crippen MR) is 134 cm³/mol. The molecule has 2 saturated heterocycles. The summed E-state index contributed by atoms with van der Waals surface area (Å²) in [6.45, 7) is 12.6. The molecule has 34 heavy (non-hydrogen) atoms. The first kappa shape index (κ1) is 24.9. The number of hydrogen-bond acceptors (Lipinski definition) is 7. The van der Waals surface area contributed by atoms with Gasteiger partial charge in [-0.3, -0.25) is 9.69 Å². The lowest BCUT2D eigenvalue weighted by Gasteiger charge is -2.48. The van der Waals surface area contributed by atoms with Crippen LogP contribution in [0, 0.1) is 6.92 Å². The van der Waals surface area contributed by atoms with Crippen LogP contribution < -0.4 is 0 Å². The van der Waals surface area contributed by atoms with E-state index in [9.17, 15) is 4.79 Å². The Labute approximate surface area is 206 Å². The van der Waals surface area contributed by atoms with Crippen LogP contribution in [0.15, 0.2) is 36.2 Å². The van der Waals surface area contributed by atoms with Crippen LogP contribution in [0.5, 0.6) is 0 Å². The maximum absolute atomic E-state index is 10.6. The number of morpholine rings is 1. The normalized spacial score (nSPS) is 18.3. The van der Waals surface area contributed by atoms with Crippen molar-refractivity contribution in [1.82, 2.24) is 14.8 Å². The summed E-state index contributed by atoms with van der Waals surface area (Å²) in [7, 11) is 0. The third-order valence-electron chi connectivity index (χ3n) is 6.71. The Balaban J connectivity index is 1.25. The van der Waals surface area contributed by atoms with Gasteiger partial charge in [0.1, 0.15) is 0 Å². The van der Waals surface area contributed by atoms with Crippen LogP contribution >= 0.6 is 11.3 Å². The van der Waals surface area contributed by atoms with E-state index in [0.717, 1.165) is 75.0 Å². The molecule has 0 unspecified atom stereocenters. The molecular weight excluding hydrogens is 450 g/mol. The number of nitrogens with zero attached hydrogens (tertiary/aromatic N) is 3. The third kappa shape index (κ3) is 6.66. The van der Waals surface area contributed by atoms with Gasteiger partial charge in [0.2, 0.25) is 0 Å². The van der Waals surface area contributed by atoms with Crippen LogP contribution in [-0.2, 0) is 27.2 Å². The van der Waals surface area contributed by atoms with E-state index in [1.807, 2.05) is 6.92 Å². The molecule has 1 aromatic heterocycles. The fourth-order valence-electron chi connectivity index (χ4n) is 4.75. The topological polar surface area (TPSA) is 75.1 Å². The molecule has 7 nitrogen and oxygen atoms in total. The Kier molecular flexibility index (Phi) is 8.37. The van der Waals surface area contributed by atoms with Crippen LogP contribution in [0.25, 0.3) is 5.70 Å². The van der Waals surface area contributed by atoms with Crippen molar-refractivity contribution in [3.05, 3.63) is 58.1 Å². The van der Waals surface area contributed by atoms with Crippen LogP contribution in [0.4, 0.5) is 0 Å². The summed E-state index contributed by atoms with van der Waals surface area (Å²) in [6, 6.07) is 8.62. The number of piperidine rings is 1. The molecule has 8 heteroatoms. The Hall–Kier alpha value is -2.26. The van der Waals surface area contributed by atoms with E-state index in [1.54, 1.807) is 11.3 Å². The molecule has 1 N–H and O–H groups in total. The minimum Gasteiger partial charge on any atom is -0.481 e. The number of aromatic nitrogens is 1. The van der Waals surface area contributed by atoms with Crippen molar-refractivity contribution >= 4 is 23.0 Å². The van der Waals surface area contributed by atoms with Gasteiger partial charge in [0.25, 0.3) is 0 Å². The van der Waals surface area contributed by atoms with Crippen molar-refractivity contribution in [2.75, 3.05) is 46.0 Å². The van der Waals surface area contributed by atoms with E-state index in [2.05, 4.69) is 51.0 Å². The number of aliphatic carboxylic acids is 1. The van der Waals surface area contributed by atoms with Crippen molar-refractivity contribution in [3.63, 3.8) is 0 Å². The highest BCUT2D eigenvalue weighted by Crippen LogP contribution is 2.33. The van der Waals surface area contributed by atoms with Crippen LogP contribution in [0.1, 0.15) is 41.1 Å². The maximum atomic E-state index is 10.6. The number of rotatable bonds is 10. The molecule has 4 rings (SSSR count). The number of thiazole rings is 1. The van der Waals surface area contributed by atoms with Gasteiger partial charge in [-0.2, -0.15) is 0 Å². The molecule has 2 aromatic rings. The standard InChI is InChI=1S/C26H35N3O4S/c1-20(24-18-34-21(2)27-24)29-12-15-33-26(19-29)8-10-28(11-9-26)17-23-5-3-4-22(16-23)6-13-32-14-7-25(30)31/h3-5,16,18H,1,6-15,17,19H2,2H3,(H,30,31). The summed E-state index contributed by atoms with van der Waals surface area (Å²) in [5.41, 5.74) is 4.43. The Morgan fingerprint density at radius 1 is 1.26 bits per heavy atom. The zero-order valence-corrected chi connectivity index (χ0v) is 20.8. The average Bonchev–Trinajstić information content (AvgIpc) is 3.26. The molecule has 0 saturated carbocycles. The highest BCUT2D eigenvalue weighted by atomic mass is 32.1. The second-order valence-electron chi connectivity index (χ2n) is 9.25. The molecule has 2 aliphatic heterocycles. The van der Waals surface area contributed by atoms with Gasteiger partial charge >= 0.3 is 5.97 Å². The summed E-state index contributed by atoms with van der Waals surface area (Å²) < 4.78 is 11.8. The van der Waals surface area contributed by atoms with Crippen molar-refractivity contribution in [2.24, 2.45) is 0 Å². The van der Waals surface area contributed by atoms with Gasteiger partial charge < -0.3 is 19.5 Å². The maximum Gasteiger partial charge on any atom is 0.305 e. The van der Waals surface area contributed by atoms with Gasteiger partial charge in [-0.25, -0.2) is 4.98 Å². The van der Waals surface area contributed by atoms with E-state index >= 15 is 0 Å². The molecule has 1 aromatic carbocycles. The summed E-state index contributed by atoms with van der Waals surface area (Å²) in [6.07, 6.45) is 2.88. The SMILES string of the molecule is C=C(c1csc(C)n1)N1CCOC2(CCN(Cc3cccc(CCOCCC(=O)O)c3)CC2)C1. The van der Waals surface area contributed by atoms with Crippen LogP contribution in [0.2, 0.25) is 0 Å². The van der Waals surface area contributed by atoms with Gasteiger partial charge in [0.15, 0.2) is 0 Å². The largest absolute Gasteiger partial charge is 0.481 e. The molecule has 0 amide bonds. The van der Waals surface area contributed by atoms with Gasteiger partial charge in [-0.05, 0) is 37.3 Å². The Bertz CT molecular complexity index is 984. The smallest absolute Gasteiger partial charge is 0.305 e. The molecule has 1 spiro atoms. The molecule has 0 radical (unpaired) electrons. The fraction of sp³-hybridized carbons (Fsp3) is 0.538. The Morgan fingerprint density at radius 2 is 2.06 bits per heavy atom. The molecule has 0 atom stereocenters. The first-order valence-electron chi connectivity index (χ1n) is 12.0. The zero-order chi connectivity index (χ0) is 24.0. The van der Waals surface area contributed by atoms with Crippen LogP contribution in [-0.4, -0.2) is 77.5 Å². The van der Waals surface area contributed by atoms with E-state index in [1.165, 1.54) is 11.1 Å². The molecule has 184 valence electrons. The van der Waals surface area contributed by atoms with Crippen LogP contribution in [0.3, 0.4) is 0 Å². The van der Waals surface area contributed by atoms with Crippen molar-refractivity contribution in [1.29, 1.82) is 0 Å². The van der Waals surface area contributed by atoms with Crippen molar-refractivity contribution < 1.29 is 19.4 Å². The highest BCUT2D eigenvalue weighted by Gasteiger charge is 2.40. The number of hydrogen-bond donors (Lipinski definition) is 1. The molecule has 2 aliphatic rings. The summed E-state index contributed by atoms with van der Waals surface area (Å²) in [4.78, 5) is 20.1. The number of carbonyl (C=O) groups is 1. The summed E-state index contributed by atoms with van der Waals surface area (Å²) >= 11 is 1.67. The average molecular weight is 486 g/mol. The summed E-state index contributed by atoms with van der Waals surface area (Å²) in [5.74, 6) is -0.823. The second-order valence-corrected chi connectivity index (χ2v) is 10.3. The quantitative estimate of drug-likeness (QED) is 0.513. The lowest BCUT2D eigenvalue weighted by atomic mass is 9.88. The fourth-order valence-corrected chi connectivity index (χ4v) is 5.37. The first-order valence-corrected chi connectivity index (χ1v) is 12.9. The number of carboxylic acid groups (broad SMARTS) is 1. The molecule has 3 heterocycles. The molecule has 0 bridgehead atoms. The molecule has 0 aliphatic carbocycles. The van der Waals surface area contributed by atoms with Gasteiger partial charge in [-0.15, -0.1) is 11.3 Å². The minimum atomic E-state index is -0.823. The van der Waals surface area contributed by atoms with Crippen molar-refractivity contribution in [3.8, 4) is 0 Å². The number of aryl methyl sites for hydroxylation is 1. The molecule has 2 fully saturated rings. The van der Waals surface area contributed by atoms with Crippen molar-refractivity contribution in [2.45, 2.75) is 44.8 Å². The van der Waals surface area contributed by atoms with E-state index in [-0.39, 0.29) is 18.6 Å². The number of ether oxygens (including phenoxy) is 2. The highest BCUT2D eigenvalue weighted by molar-refractivity contribution is 7.09. The monoisotopic (exact) mass is 485 g/mol.